The molecule has 2 aromatic heterocycles. The monoisotopic (exact) mass is 228 g/mol. The highest BCUT2D eigenvalue weighted by atomic mass is 16.1. The van der Waals surface area contributed by atoms with Crippen LogP contribution in [-0.4, -0.2) is 15.9 Å². The molecule has 0 unspecified atom stereocenters. The van der Waals surface area contributed by atoms with Gasteiger partial charge < -0.3 is 11.1 Å². The van der Waals surface area contributed by atoms with Crippen LogP contribution in [0.4, 0.5) is 11.5 Å². The predicted octanol–water partition coefficient (Wildman–Crippen LogP) is 1.62. The van der Waals surface area contributed by atoms with Crippen LogP contribution in [0.2, 0.25) is 0 Å². The van der Waals surface area contributed by atoms with Crippen molar-refractivity contribution in [1.82, 2.24) is 9.97 Å². The Hall–Kier alpha value is -2.43. The van der Waals surface area contributed by atoms with E-state index in [1.807, 2.05) is 13.0 Å². The van der Waals surface area contributed by atoms with Gasteiger partial charge in [-0.3, -0.25) is 9.78 Å². The van der Waals surface area contributed by atoms with Crippen LogP contribution in [-0.2, 0) is 0 Å². The Balaban J connectivity index is 2.20. The largest absolute Gasteiger partial charge is 0.384 e. The molecule has 0 aliphatic heterocycles. The van der Waals surface area contributed by atoms with Crippen molar-refractivity contribution in [3.63, 3.8) is 0 Å². The summed E-state index contributed by atoms with van der Waals surface area (Å²) < 4.78 is 0. The van der Waals surface area contributed by atoms with Gasteiger partial charge in [0.05, 0.1) is 11.9 Å². The van der Waals surface area contributed by atoms with Gasteiger partial charge in [0, 0.05) is 6.20 Å². The Morgan fingerprint density at radius 1 is 1.35 bits per heavy atom. The molecule has 2 rings (SSSR count). The topological polar surface area (TPSA) is 80.9 Å². The number of nitrogens with zero attached hydrogens (tertiary/aromatic N) is 2. The zero-order valence-corrected chi connectivity index (χ0v) is 9.34. The molecule has 0 saturated carbocycles. The lowest BCUT2D eigenvalue weighted by molar-refractivity contribution is 0.102. The normalized spacial score (nSPS) is 9.94. The Labute approximate surface area is 98.7 Å². The molecular formula is C12H12N4O. The second-order valence-corrected chi connectivity index (χ2v) is 3.59. The van der Waals surface area contributed by atoms with Crippen molar-refractivity contribution in [3.05, 3.63) is 47.9 Å². The van der Waals surface area contributed by atoms with Gasteiger partial charge in [0.1, 0.15) is 11.5 Å². The molecule has 2 heterocycles. The molecule has 2 aromatic rings. The maximum Gasteiger partial charge on any atom is 0.274 e. The lowest BCUT2D eigenvalue weighted by atomic mass is 10.2. The number of hydrogen-bond donors (Lipinski definition) is 2. The summed E-state index contributed by atoms with van der Waals surface area (Å²) in [6.45, 7) is 1.89. The van der Waals surface area contributed by atoms with Crippen LogP contribution in [0.5, 0.6) is 0 Å². The fourth-order valence-corrected chi connectivity index (χ4v) is 1.36. The lowest BCUT2D eigenvalue weighted by Crippen LogP contribution is -2.15. The summed E-state index contributed by atoms with van der Waals surface area (Å²) in [5.41, 5.74) is 7.41. The second kappa shape index (κ2) is 4.61. The van der Waals surface area contributed by atoms with E-state index in [4.69, 9.17) is 5.73 Å². The number of rotatable bonds is 2. The standard InChI is InChI=1S/C12H12N4O/c1-8-5-6-14-7-10(8)16-12(17)9-3-2-4-11(13)15-9/h2-7H,1H3,(H2,13,15)(H,16,17). The van der Waals surface area contributed by atoms with Crippen molar-refractivity contribution in [2.75, 3.05) is 11.1 Å². The fraction of sp³-hybridized carbons (Fsp3) is 0.0833. The maximum atomic E-state index is 11.9. The van der Waals surface area contributed by atoms with Gasteiger partial charge in [0.2, 0.25) is 0 Å². The van der Waals surface area contributed by atoms with Crippen LogP contribution >= 0.6 is 0 Å². The molecule has 0 aliphatic carbocycles. The number of pyridine rings is 2. The molecule has 0 radical (unpaired) electrons. The number of hydrogen-bond acceptors (Lipinski definition) is 4. The molecule has 0 aromatic carbocycles. The minimum atomic E-state index is -0.298. The molecule has 1 amide bonds. The number of nitrogens with one attached hydrogen (secondary N) is 1. The van der Waals surface area contributed by atoms with Gasteiger partial charge in [-0.1, -0.05) is 6.07 Å². The third-order valence-electron chi connectivity index (χ3n) is 2.29. The lowest BCUT2D eigenvalue weighted by Gasteiger charge is -2.06. The van der Waals surface area contributed by atoms with E-state index in [1.165, 1.54) is 0 Å². The van der Waals surface area contributed by atoms with Gasteiger partial charge in [0.25, 0.3) is 5.91 Å². The zero-order chi connectivity index (χ0) is 12.3. The van der Waals surface area contributed by atoms with Crippen molar-refractivity contribution >= 4 is 17.4 Å². The highest BCUT2D eigenvalue weighted by molar-refractivity contribution is 6.03. The summed E-state index contributed by atoms with van der Waals surface area (Å²) in [7, 11) is 0. The summed E-state index contributed by atoms with van der Waals surface area (Å²) in [5.74, 6) is 0.0222. The summed E-state index contributed by atoms with van der Waals surface area (Å²) in [6, 6.07) is 6.75. The zero-order valence-electron chi connectivity index (χ0n) is 9.34. The predicted molar refractivity (Wildman–Crippen MR) is 65.6 cm³/mol. The number of carbonyl (C=O) groups is 1. The molecule has 0 aliphatic rings. The molecule has 0 bridgehead atoms. The number of anilines is 2. The molecule has 5 nitrogen and oxygen atoms in total. The van der Waals surface area contributed by atoms with E-state index < -0.39 is 0 Å². The minimum absolute atomic E-state index is 0.285. The van der Waals surface area contributed by atoms with E-state index >= 15 is 0 Å². The number of aryl methyl sites for hydroxylation is 1. The van der Waals surface area contributed by atoms with Gasteiger partial charge in [-0.25, -0.2) is 4.98 Å². The summed E-state index contributed by atoms with van der Waals surface area (Å²) in [6.07, 6.45) is 3.27. The Morgan fingerprint density at radius 3 is 2.88 bits per heavy atom. The molecular weight excluding hydrogens is 216 g/mol. The molecule has 3 N–H and O–H groups in total. The highest BCUT2D eigenvalue weighted by Gasteiger charge is 2.08. The van der Waals surface area contributed by atoms with Crippen molar-refractivity contribution in [1.29, 1.82) is 0 Å². The van der Waals surface area contributed by atoms with Gasteiger partial charge in [-0.15, -0.1) is 0 Å². The van der Waals surface area contributed by atoms with Crippen LogP contribution in [0.15, 0.2) is 36.7 Å². The maximum absolute atomic E-state index is 11.9. The third-order valence-corrected chi connectivity index (χ3v) is 2.29. The Kier molecular flexibility index (Phi) is 3.00. The first-order valence-electron chi connectivity index (χ1n) is 5.11. The van der Waals surface area contributed by atoms with E-state index in [0.29, 0.717) is 11.5 Å². The summed E-state index contributed by atoms with van der Waals surface area (Å²) in [4.78, 5) is 19.8. The summed E-state index contributed by atoms with van der Waals surface area (Å²) >= 11 is 0. The number of nitrogen functional groups attached to an aromatic ring is 1. The number of aromatic nitrogens is 2. The van der Waals surface area contributed by atoms with Gasteiger partial charge in [-0.05, 0) is 30.7 Å². The van der Waals surface area contributed by atoms with Crippen molar-refractivity contribution in [2.24, 2.45) is 0 Å². The highest BCUT2D eigenvalue weighted by Crippen LogP contribution is 2.12. The number of nitrogens with two attached hydrogens (primary N) is 1. The molecule has 0 atom stereocenters. The van der Waals surface area contributed by atoms with E-state index in [0.717, 1.165) is 5.56 Å². The van der Waals surface area contributed by atoms with Gasteiger partial charge in [-0.2, -0.15) is 0 Å². The van der Waals surface area contributed by atoms with Crippen molar-refractivity contribution in [3.8, 4) is 0 Å². The van der Waals surface area contributed by atoms with E-state index in [9.17, 15) is 4.79 Å². The first-order chi connectivity index (χ1) is 8.16. The molecule has 17 heavy (non-hydrogen) atoms. The van der Waals surface area contributed by atoms with E-state index in [-0.39, 0.29) is 11.6 Å². The van der Waals surface area contributed by atoms with Crippen LogP contribution in [0.3, 0.4) is 0 Å². The van der Waals surface area contributed by atoms with Crippen LogP contribution < -0.4 is 11.1 Å². The average Bonchev–Trinajstić information content (AvgIpc) is 2.32. The molecule has 86 valence electrons. The third kappa shape index (κ3) is 2.57. The Morgan fingerprint density at radius 2 is 2.18 bits per heavy atom. The fourth-order valence-electron chi connectivity index (χ4n) is 1.36. The Bertz CT molecular complexity index is 554. The van der Waals surface area contributed by atoms with Gasteiger partial charge >= 0.3 is 0 Å². The quantitative estimate of drug-likeness (QED) is 0.818. The second-order valence-electron chi connectivity index (χ2n) is 3.59. The number of carbonyl (C=O) groups excluding carboxylic acids is 1. The molecule has 0 fully saturated rings. The first kappa shape index (κ1) is 11.1. The van der Waals surface area contributed by atoms with E-state index in [1.54, 1.807) is 30.6 Å². The van der Waals surface area contributed by atoms with Crippen LogP contribution in [0.25, 0.3) is 0 Å². The molecule has 0 spiro atoms. The van der Waals surface area contributed by atoms with Crippen LogP contribution in [0, 0.1) is 6.92 Å². The minimum Gasteiger partial charge on any atom is -0.384 e. The van der Waals surface area contributed by atoms with Crippen LogP contribution in [0.1, 0.15) is 16.1 Å². The number of amides is 1. The SMILES string of the molecule is Cc1ccncc1NC(=O)c1cccc(N)n1. The van der Waals surface area contributed by atoms with E-state index in [2.05, 4.69) is 15.3 Å². The summed E-state index contributed by atoms with van der Waals surface area (Å²) in [5, 5.41) is 2.73. The average molecular weight is 228 g/mol. The first-order valence-corrected chi connectivity index (χ1v) is 5.11. The van der Waals surface area contributed by atoms with Gasteiger partial charge in [0.15, 0.2) is 0 Å². The van der Waals surface area contributed by atoms with Crippen molar-refractivity contribution < 1.29 is 4.79 Å². The smallest absolute Gasteiger partial charge is 0.274 e. The molecule has 0 saturated heterocycles. The molecule has 5 heteroatoms. The van der Waals surface area contributed by atoms with Crippen molar-refractivity contribution in [2.45, 2.75) is 6.92 Å².